The summed E-state index contributed by atoms with van der Waals surface area (Å²) >= 11 is 0. The van der Waals surface area contributed by atoms with E-state index in [9.17, 15) is 9.59 Å². The molecule has 9 heteroatoms. The van der Waals surface area contributed by atoms with E-state index < -0.39 is 5.97 Å². The number of hydrogen-bond donors (Lipinski definition) is 0. The minimum absolute atomic E-state index is 0.0848. The van der Waals surface area contributed by atoms with E-state index in [1.54, 1.807) is 40.2 Å². The van der Waals surface area contributed by atoms with Gasteiger partial charge in [0.25, 0.3) is 0 Å². The lowest BCUT2D eigenvalue weighted by molar-refractivity contribution is 0.0602. The molecule has 3 heterocycles. The highest BCUT2D eigenvalue weighted by atomic mass is 16.5. The lowest BCUT2D eigenvalue weighted by atomic mass is 10.0. The second-order valence-electron chi connectivity index (χ2n) is 7.85. The first-order chi connectivity index (χ1) is 15.3. The van der Waals surface area contributed by atoms with Gasteiger partial charge in [0.15, 0.2) is 0 Å². The number of fused-ring (bicyclic) bond motifs is 2. The number of carbonyl (C=O) groups is 1. The molecule has 0 aliphatic heterocycles. The summed E-state index contributed by atoms with van der Waals surface area (Å²) in [5, 5.41) is 4.23. The van der Waals surface area contributed by atoms with Gasteiger partial charge in [-0.15, -0.1) is 0 Å². The standard InChI is InChI=1S/C23H22N6O3/c1-13-25-18-9-16(14-11-24-26(2)12-14)17(22(30)32-5)10-20(18)29(13)15-6-7-19-21(8-15)28(4)23(31)27(19)3/h6-12H,1-5H3. The number of benzene rings is 2. The molecule has 32 heavy (non-hydrogen) atoms. The molecule has 5 rings (SSSR count). The predicted molar refractivity (Wildman–Crippen MR) is 121 cm³/mol. The largest absolute Gasteiger partial charge is 0.465 e. The van der Waals surface area contributed by atoms with E-state index in [0.717, 1.165) is 39.1 Å². The van der Waals surface area contributed by atoms with Crippen molar-refractivity contribution in [1.82, 2.24) is 28.5 Å². The smallest absolute Gasteiger partial charge is 0.338 e. The van der Waals surface area contributed by atoms with Crippen LogP contribution in [0.15, 0.2) is 47.5 Å². The maximum Gasteiger partial charge on any atom is 0.338 e. The van der Waals surface area contributed by atoms with Crippen LogP contribution in [0.25, 0.3) is 38.9 Å². The second-order valence-corrected chi connectivity index (χ2v) is 7.85. The van der Waals surface area contributed by atoms with Gasteiger partial charge in [0, 0.05) is 44.2 Å². The number of nitrogens with zero attached hydrogens (tertiary/aromatic N) is 6. The molecule has 0 saturated carbocycles. The van der Waals surface area contributed by atoms with E-state index in [1.807, 2.05) is 49.0 Å². The van der Waals surface area contributed by atoms with Crippen LogP contribution in [0.2, 0.25) is 0 Å². The van der Waals surface area contributed by atoms with Gasteiger partial charge >= 0.3 is 11.7 Å². The van der Waals surface area contributed by atoms with Crippen molar-refractivity contribution >= 4 is 28.0 Å². The fraction of sp³-hybridized carbons (Fsp3) is 0.217. The normalized spacial score (nSPS) is 11.5. The molecule has 162 valence electrons. The number of rotatable bonds is 3. The van der Waals surface area contributed by atoms with E-state index in [-0.39, 0.29) is 5.69 Å². The van der Waals surface area contributed by atoms with Crippen LogP contribution in [0.1, 0.15) is 16.2 Å². The third-order valence-electron chi connectivity index (χ3n) is 5.90. The van der Waals surface area contributed by atoms with Crippen LogP contribution in [0.4, 0.5) is 0 Å². The maximum atomic E-state index is 12.7. The molecule has 3 aromatic heterocycles. The highest BCUT2D eigenvalue weighted by Gasteiger charge is 2.20. The Morgan fingerprint density at radius 2 is 1.75 bits per heavy atom. The summed E-state index contributed by atoms with van der Waals surface area (Å²) in [4.78, 5) is 29.7. The van der Waals surface area contributed by atoms with E-state index in [0.29, 0.717) is 11.1 Å². The minimum atomic E-state index is -0.433. The summed E-state index contributed by atoms with van der Waals surface area (Å²) in [5.41, 5.74) is 5.90. The number of esters is 1. The van der Waals surface area contributed by atoms with E-state index in [1.165, 1.54) is 7.11 Å². The molecule has 0 amide bonds. The van der Waals surface area contributed by atoms with E-state index in [2.05, 4.69) is 5.10 Å². The SMILES string of the molecule is COC(=O)c1cc2c(cc1-c1cnn(C)c1)nc(C)n2-c1ccc2c(c1)n(C)c(=O)n2C. The summed E-state index contributed by atoms with van der Waals surface area (Å²) in [6.07, 6.45) is 3.56. The molecular weight excluding hydrogens is 408 g/mol. The van der Waals surface area contributed by atoms with Gasteiger partial charge in [-0.3, -0.25) is 18.4 Å². The first-order valence-electron chi connectivity index (χ1n) is 10.1. The van der Waals surface area contributed by atoms with Gasteiger partial charge in [-0.25, -0.2) is 14.6 Å². The van der Waals surface area contributed by atoms with Gasteiger partial charge in [0.05, 0.1) is 40.9 Å². The predicted octanol–water partition coefficient (Wildman–Crippen LogP) is 2.71. The number of carbonyl (C=O) groups excluding carboxylic acids is 1. The molecule has 0 spiro atoms. The third-order valence-corrected chi connectivity index (χ3v) is 5.90. The lowest BCUT2D eigenvalue weighted by Crippen LogP contribution is -2.19. The van der Waals surface area contributed by atoms with Gasteiger partial charge in [-0.2, -0.15) is 5.10 Å². The van der Waals surface area contributed by atoms with Crippen molar-refractivity contribution in [3.05, 3.63) is 64.6 Å². The zero-order valence-corrected chi connectivity index (χ0v) is 18.4. The van der Waals surface area contributed by atoms with Crippen LogP contribution in [0.5, 0.6) is 0 Å². The Balaban J connectivity index is 1.79. The van der Waals surface area contributed by atoms with Crippen LogP contribution in [-0.4, -0.2) is 41.5 Å². The first-order valence-corrected chi connectivity index (χ1v) is 10.1. The van der Waals surface area contributed by atoms with Crippen molar-refractivity contribution in [2.45, 2.75) is 6.92 Å². The molecular formula is C23H22N6O3. The number of methoxy groups -OCH3 is 1. The van der Waals surface area contributed by atoms with E-state index in [4.69, 9.17) is 9.72 Å². The van der Waals surface area contributed by atoms with Crippen molar-refractivity contribution in [2.75, 3.05) is 7.11 Å². The number of aryl methyl sites for hydroxylation is 4. The first kappa shape index (κ1) is 19.8. The Labute approximate surface area is 183 Å². The fourth-order valence-electron chi connectivity index (χ4n) is 4.28. The van der Waals surface area contributed by atoms with Crippen molar-refractivity contribution in [2.24, 2.45) is 21.1 Å². The summed E-state index contributed by atoms with van der Waals surface area (Å²) in [6, 6.07) is 9.51. The number of ether oxygens (including phenoxy) is 1. The molecule has 2 aromatic carbocycles. The van der Waals surface area contributed by atoms with Gasteiger partial charge in [-0.1, -0.05) is 0 Å². The molecule has 0 radical (unpaired) electrons. The molecule has 0 bridgehead atoms. The van der Waals surface area contributed by atoms with Crippen molar-refractivity contribution in [3.8, 4) is 16.8 Å². The van der Waals surface area contributed by atoms with Gasteiger partial charge in [0.1, 0.15) is 5.82 Å². The van der Waals surface area contributed by atoms with Crippen LogP contribution in [0, 0.1) is 6.92 Å². The molecule has 0 atom stereocenters. The van der Waals surface area contributed by atoms with Crippen LogP contribution < -0.4 is 5.69 Å². The summed E-state index contributed by atoms with van der Waals surface area (Å²) in [5.74, 6) is 0.330. The van der Waals surface area contributed by atoms with Crippen LogP contribution in [0.3, 0.4) is 0 Å². The molecule has 0 unspecified atom stereocenters. The molecule has 0 fully saturated rings. The molecule has 0 aliphatic carbocycles. The Morgan fingerprint density at radius 1 is 1.00 bits per heavy atom. The highest BCUT2D eigenvalue weighted by molar-refractivity contribution is 6.02. The van der Waals surface area contributed by atoms with Crippen LogP contribution in [-0.2, 0) is 25.9 Å². The number of hydrogen-bond acceptors (Lipinski definition) is 5. The molecule has 5 aromatic rings. The number of aromatic nitrogens is 6. The zero-order chi connectivity index (χ0) is 22.7. The Hall–Kier alpha value is -4.14. The average Bonchev–Trinajstić information content (AvgIpc) is 3.42. The molecule has 0 aliphatic rings. The van der Waals surface area contributed by atoms with Gasteiger partial charge in [0.2, 0.25) is 0 Å². The molecule has 0 N–H and O–H groups in total. The highest BCUT2D eigenvalue weighted by Crippen LogP contribution is 2.31. The minimum Gasteiger partial charge on any atom is -0.465 e. The summed E-state index contributed by atoms with van der Waals surface area (Å²) in [7, 11) is 6.70. The third kappa shape index (κ3) is 2.78. The lowest BCUT2D eigenvalue weighted by Gasteiger charge is -2.11. The van der Waals surface area contributed by atoms with Crippen LogP contribution >= 0.6 is 0 Å². The Morgan fingerprint density at radius 3 is 2.44 bits per heavy atom. The van der Waals surface area contributed by atoms with Crippen molar-refractivity contribution in [1.29, 1.82) is 0 Å². The topological polar surface area (TPSA) is 88.9 Å². The summed E-state index contributed by atoms with van der Waals surface area (Å²) < 4.78 is 12.0. The van der Waals surface area contributed by atoms with Crippen molar-refractivity contribution < 1.29 is 9.53 Å². The fourth-order valence-corrected chi connectivity index (χ4v) is 4.28. The molecule has 0 saturated heterocycles. The maximum absolute atomic E-state index is 12.7. The van der Waals surface area contributed by atoms with Crippen molar-refractivity contribution in [3.63, 3.8) is 0 Å². The Kier molecular flexibility index (Phi) is 4.30. The van der Waals surface area contributed by atoms with Gasteiger partial charge in [-0.05, 0) is 37.3 Å². The summed E-state index contributed by atoms with van der Waals surface area (Å²) in [6.45, 7) is 1.91. The van der Waals surface area contributed by atoms with Gasteiger partial charge < -0.3 is 4.74 Å². The number of imidazole rings is 2. The Bertz CT molecular complexity index is 1600. The zero-order valence-electron chi connectivity index (χ0n) is 18.4. The quantitative estimate of drug-likeness (QED) is 0.411. The average molecular weight is 430 g/mol. The monoisotopic (exact) mass is 430 g/mol. The molecule has 9 nitrogen and oxygen atoms in total. The van der Waals surface area contributed by atoms with E-state index >= 15 is 0 Å². The second kappa shape index (κ2) is 6.94.